The first-order chi connectivity index (χ1) is 12.3. The Morgan fingerprint density at radius 1 is 1.23 bits per heavy atom. The van der Waals surface area contributed by atoms with Crippen molar-refractivity contribution in [3.63, 3.8) is 0 Å². The largest absolute Gasteiger partial charge is 0.452 e. The van der Waals surface area contributed by atoms with Crippen LogP contribution in [0.2, 0.25) is 0 Å². The third-order valence-corrected chi connectivity index (χ3v) is 4.98. The number of aryl methyl sites for hydroxylation is 1. The summed E-state index contributed by atoms with van der Waals surface area (Å²) in [7, 11) is -2.50. The maximum absolute atomic E-state index is 12.2. The molecule has 0 unspecified atom stereocenters. The van der Waals surface area contributed by atoms with Gasteiger partial charge in [0.15, 0.2) is 6.61 Å². The average Bonchev–Trinajstić information content (AvgIpc) is 3.05. The van der Waals surface area contributed by atoms with Crippen LogP contribution in [0.5, 0.6) is 0 Å². The predicted octanol–water partition coefficient (Wildman–Crippen LogP) is 1.62. The fraction of sp³-hybridized carbons (Fsp3) is 0.250. The van der Waals surface area contributed by atoms with Gasteiger partial charge in [0.1, 0.15) is 0 Å². The molecule has 10 heteroatoms. The van der Waals surface area contributed by atoms with Gasteiger partial charge in [-0.25, -0.2) is 4.79 Å². The van der Waals surface area contributed by atoms with E-state index in [2.05, 4.69) is 14.5 Å². The molecule has 0 atom stereocenters. The number of hydrogen-bond acceptors (Lipinski definition) is 7. The van der Waals surface area contributed by atoms with Crippen molar-refractivity contribution in [3.8, 4) is 11.4 Å². The number of esters is 1. The molecule has 0 aliphatic carbocycles. The fourth-order valence-electron chi connectivity index (χ4n) is 2.17. The van der Waals surface area contributed by atoms with Crippen molar-refractivity contribution in [2.45, 2.75) is 20.5 Å². The van der Waals surface area contributed by atoms with Gasteiger partial charge in [-0.1, -0.05) is 35.0 Å². The van der Waals surface area contributed by atoms with Crippen LogP contribution in [0.1, 0.15) is 18.4 Å². The van der Waals surface area contributed by atoms with Crippen molar-refractivity contribution in [2.24, 2.45) is 4.40 Å². The maximum atomic E-state index is 12.2. The highest BCUT2D eigenvalue weighted by Crippen LogP contribution is 2.18. The molecule has 2 heterocycles. The van der Waals surface area contributed by atoms with Crippen molar-refractivity contribution < 1.29 is 22.5 Å². The molecular formula is C16H16N4O5S. The summed E-state index contributed by atoms with van der Waals surface area (Å²) in [6.45, 7) is 3.15. The van der Waals surface area contributed by atoms with Gasteiger partial charge >= 0.3 is 16.2 Å². The Balaban J connectivity index is 1.67. The van der Waals surface area contributed by atoms with Crippen LogP contribution in [0.3, 0.4) is 0 Å². The minimum absolute atomic E-state index is 0.0422. The highest BCUT2D eigenvalue weighted by Gasteiger charge is 2.26. The molecule has 0 radical (unpaired) electrons. The predicted molar refractivity (Wildman–Crippen MR) is 92.1 cm³/mol. The number of carbonyl (C=O) groups is 1. The van der Waals surface area contributed by atoms with Gasteiger partial charge in [-0.05, 0) is 13.8 Å². The molecule has 0 amide bonds. The first-order valence-corrected chi connectivity index (χ1v) is 8.99. The SMILES string of the molecule is CC1=NS(=O)(=O)N(C)C=C1C(=O)OCc1nc(-c2ccc(C)cc2)no1. The Hall–Kier alpha value is -3.01. The van der Waals surface area contributed by atoms with Crippen LogP contribution >= 0.6 is 0 Å². The lowest BCUT2D eigenvalue weighted by Gasteiger charge is -2.18. The van der Waals surface area contributed by atoms with Crippen molar-refractivity contribution in [1.82, 2.24) is 14.4 Å². The van der Waals surface area contributed by atoms with E-state index in [0.29, 0.717) is 5.82 Å². The Morgan fingerprint density at radius 2 is 1.92 bits per heavy atom. The third kappa shape index (κ3) is 3.64. The summed E-state index contributed by atoms with van der Waals surface area (Å²) >= 11 is 0. The second-order valence-corrected chi connectivity index (χ2v) is 7.32. The lowest BCUT2D eigenvalue weighted by molar-refractivity contribution is -0.140. The van der Waals surface area contributed by atoms with Crippen LogP contribution in [-0.2, 0) is 26.3 Å². The number of nitrogens with zero attached hydrogens (tertiary/aromatic N) is 4. The van der Waals surface area contributed by atoms with Crippen molar-refractivity contribution in [3.05, 3.63) is 47.5 Å². The average molecular weight is 376 g/mol. The molecule has 1 aliphatic heterocycles. The molecule has 9 nitrogen and oxygen atoms in total. The molecule has 0 spiro atoms. The molecule has 1 aliphatic rings. The maximum Gasteiger partial charge on any atom is 0.344 e. The van der Waals surface area contributed by atoms with Gasteiger partial charge in [-0.2, -0.15) is 13.4 Å². The first-order valence-electron chi connectivity index (χ1n) is 7.60. The highest BCUT2D eigenvalue weighted by molar-refractivity contribution is 7.88. The number of benzene rings is 1. The minimum atomic E-state index is -3.78. The van der Waals surface area contributed by atoms with Gasteiger partial charge in [0, 0.05) is 18.8 Å². The third-order valence-electron chi connectivity index (χ3n) is 3.64. The Kier molecular flexibility index (Phi) is 4.60. The molecule has 26 heavy (non-hydrogen) atoms. The number of hydrogen-bond donors (Lipinski definition) is 0. The number of ether oxygens (including phenoxy) is 1. The zero-order chi connectivity index (χ0) is 18.9. The monoisotopic (exact) mass is 376 g/mol. The second-order valence-electron chi connectivity index (χ2n) is 5.67. The molecule has 0 bridgehead atoms. The zero-order valence-corrected chi connectivity index (χ0v) is 15.1. The van der Waals surface area contributed by atoms with E-state index < -0.39 is 16.2 Å². The van der Waals surface area contributed by atoms with E-state index in [9.17, 15) is 13.2 Å². The van der Waals surface area contributed by atoms with E-state index in [1.165, 1.54) is 14.0 Å². The standard InChI is InChI=1S/C16H16N4O5S/c1-10-4-6-12(7-5-10)15-17-14(25-18-15)9-24-16(21)13-8-20(3)26(22,23)19-11(13)2/h4-8H,9H2,1-3H3. The van der Waals surface area contributed by atoms with E-state index in [0.717, 1.165) is 21.6 Å². The summed E-state index contributed by atoms with van der Waals surface area (Å²) in [5.74, 6) is -0.222. The van der Waals surface area contributed by atoms with Gasteiger partial charge in [0.2, 0.25) is 5.82 Å². The molecule has 0 N–H and O–H groups in total. The molecule has 1 aromatic carbocycles. The van der Waals surface area contributed by atoms with Crippen molar-refractivity contribution >= 4 is 21.9 Å². The lowest BCUT2D eigenvalue weighted by Crippen LogP contribution is -2.29. The van der Waals surface area contributed by atoms with Gasteiger partial charge in [-0.15, -0.1) is 4.40 Å². The number of carbonyl (C=O) groups excluding carboxylic acids is 1. The van der Waals surface area contributed by atoms with E-state index in [1.54, 1.807) is 0 Å². The molecule has 0 saturated carbocycles. The van der Waals surface area contributed by atoms with E-state index in [-0.39, 0.29) is 23.8 Å². The van der Waals surface area contributed by atoms with Gasteiger partial charge < -0.3 is 9.26 Å². The van der Waals surface area contributed by atoms with Crippen LogP contribution < -0.4 is 0 Å². The molecule has 136 valence electrons. The summed E-state index contributed by atoms with van der Waals surface area (Å²) in [5, 5.41) is 3.85. The Bertz CT molecular complexity index is 1010. The summed E-state index contributed by atoms with van der Waals surface area (Å²) in [6.07, 6.45) is 1.16. The quantitative estimate of drug-likeness (QED) is 0.745. The minimum Gasteiger partial charge on any atom is -0.452 e. The zero-order valence-electron chi connectivity index (χ0n) is 14.3. The summed E-state index contributed by atoms with van der Waals surface area (Å²) in [5.41, 5.74) is 1.98. The van der Waals surface area contributed by atoms with Crippen LogP contribution in [0.15, 0.2) is 45.0 Å². The Labute approximate surface area is 150 Å². The molecular weight excluding hydrogens is 360 g/mol. The summed E-state index contributed by atoms with van der Waals surface area (Å²) in [4.78, 5) is 16.3. The molecule has 2 aromatic rings. The number of rotatable bonds is 4. The highest BCUT2D eigenvalue weighted by atomic mass is 32.2. The van der Waals surface area contributed by atoms with Gasteiger partial charge in [-0.3, -0.25) is 4.31 Å². The van der Waals surface area contributed by atoms with E-state index in [4.69, 9.17) is 9.26 Å². The van der Waals surface area contributed by atoms with E-state index >= 15 is 0 Å². The fourth-order valence-corrected chi connectivity index (χ4v) is 2.98. The summed E-state index contributed by atoms with van der Waals surface area (Å²) < 4.78 is 37.7. The van der Waals surface area contributed by atoms with Crippen molar-refractivity contribution in [1.29, 1.82) is 0 Å². The van der Waals surface area contributed by atoms with E-state index in [1.807, 2.05) is 31.2 Å². The van der Waals surface area contributed by atoms with Crippen LogP contribution in [-0.4, -0.2) is 41.6 Å². The normalized spacial score (nSPS) is 16.0. The molecule has 3 rings (SSSR count). The lowest BCUT2D eigenvalue weighted by atomic mass is 10.1. The molecule has 0 fully saturated rings. The topological polar surface area (TPSA) is 115 Å². The van der Waals surface area contributed by atoms with Crippen LogP contribution in [0.4, 0.5) is 0 Å². The smallest absolute Gasteiger partial charge is 0.344 e. The first kappa shape index (κ1) is 17.8. The summed E-state index contributed by atoms with van der Waals surface area (Å²) in [6, 6.07) is 7.57. The van der Waals surface area contributed by atoms with Gasteiger partial charge in [0.25, 0.3) is 5.89 Å². The second kappa shape index (κ2) is 6.71. The molecule has 0 saturated heterocycles. The van der Waals surface area contributed by atoms with Crippen LogP contribution in [0.25, 0.3) is 11.4 Å². The molecule has 1 aromatic heterocycles. The van der Waals surface area contributed by atoms with Crippen molar-refractivity contribution in [2.75, 3.05) is 7.05 Å². The van der Waals surface area contributed by atoms with Gasteiger partial charge in [0.05, 0.1) is 11.3 Å². The Morgan fingerprint density at radius 3 is 2.62 bits per heavy atom. The van der Waals surface area contributed by atoms with Crippen LogP contribution in [0, 0.1) is 6.92 Å². The number of aromatic nitrogens is 2.